The molecule has 4 nitrogen and oxygen atoms in total. The summed E-state index contributed by atoms with van der Waals surface area (Å²) in [5, 5.41) is 0. The van der Waals surface area contributed by atoms with Crippen molar-refractivity contribution < 1.29 is 13.9 Å². The summed E-state index contributed by atoms with van der Waals surface area (Å²) < 4.78 is 19.0. The minimum Gasteiger partial charge on any atom is -0.490 e. The number of para-hydroxylation sites is 2. The summed E-state index contributed by atoms with van der Waals surface area (Å²) in [6.45, 7) is 0.849. The van der Waals surface area contributed by atoms with Crippen LogP contribution in [0.5, 0.6) is 5.75 Å². The first-order valence-corrected chi connectivity index (χ1v) is 6.25. The SMILES string of the molecule is Nc1ccc(C(=O)N2CCOc3ccccc32)cc1F. The molecule has 5 heteroatoms. The fourth-order valence-corrected chi connectivity index (χ4v) is 2.20. The van der Waals surface area contributed by atoms with Gasteiger partial charge in [0.1, 0.15) is 18.2 Å². The molecular formula is C15H13FN2O2. The third-order valence-corrected chi connectivity index (χ3v) is 3.22. The first-order valence-electron chi connectivity index (χ1n) is 6.25. The number of nitrogens with zero attached hydrogens (tertiary/aromatic N) is 1. The highest BCUT2D eigenvalue weighted by Crippen LogP contribution is 2.32. The number of benzene rings is 2. The second kappa shape index (κ2) is 4.85. The van der Waals surface area contributed by atoms with Gasteiger partial charge in [0.25, 0.3) is 5.91 Å². The molecule has 1 amide bonds. The molecule has 0 saturated carbocycles. The largest absolute Gasteiger partial charge is 0.490 e. The summed E-state index contributed by atoms with van der Waals surface area (Å²) in [5.41, 5.74) is 6.42. The fourth-order valence-electron chi connectivity index (χ4n) is 2.20. The minimum atomic E-state index is -0.586. The summed E-state index contributed by atoms with van der Waals surface area (Å²) in [5.74, 6) is -0.194. The molecule has 0 radical (unpaired) electrons. The lowest BCUT2D eigenvalue weighted by Crippen LogP contribution is -2.37. The molecule has 0 atom stereocenters. The molecule has 2 aromatic rings. The maximum atomic E-state index is 13.5. The van der Waals surface area contributed by atoms with Gasteiger partial charge in [-0.2, -0.15) is 0 Å². The third-order valence-electron chi connectivity index (χ3n) is 3.22. The second-order valence-corrected chi connectivity index (χ2v) is 4.51. The zero-order valence-corrected chi connectivity index (χ0v) is 10.7. The van der Waals surface area contributed by atoms with E-state index in [2.05, 4.69) is 0 Å². The van der Waals surface area contributed by atoms with Crippen molar-refractivity contribution in [2.75, 3.05) is 23.8 Å². The van der Waals surface area contributed by atoms with Gasteiger partial charge in [-0.25, -0.2) is 4.39 Å². The van der Waals surface area contributed by atoms with Crippen LogP contribution in [0.3, 0.4) is 0 Å². The zero-order chi connectivity index (χ0) is 14.1. The quantitative estimate of drug-likeness (QED) is 0.811. The van der Waals surface area contributed by atoms with Crippen molar-refractivity contribution in [1.82, 2.24) is 0 Å². The van der Waals surface area contributed by atoms with Crippen molar-refractivity contribution in [1.29, 1.82) is 0 Å². The maximum absolute atomic E-state index is 13.5. The number of nitrogen functional groups attached to an aromatic ring is 1. The average Bonchev–Trinajstić information content (AvgIpc) is 2.49. The van der Waals surface area contributed by atoms with Crippen molar-refractivity contribution in [3.05, 3.63) is 53.8 Å². The van der Waals surface area contributed by atoms with Crippen LogP contribution in [0.4, 0.5) is 15.8 Å². The van der Waals surface area contributed by atoms with Gasteiger partial charge in [-0.1, -0.05) is 12.1 Å². The number of nitrogens with two attached hydrogens (primary N) is 1. The van der Waals surface area contributed by atoms with Crippen molar-refractivity contribution >= 4 is 17.3 Å². The Morgan fingerprint density at radius 3 is 2.85 bits per heavy atom. The van der Waals surface area contributed by atoms with Crippen molar-refractivity contribution in [2.24, 2.45) is 0 Å². The lowest BCUT2D eigenvalue weighted by atomic mass is 10.1. The van der Waals surface area contributed by atoms with Gasteiger partial charge in [-0.15, -0.1) is 0 Å². The maximum Gasteiger partial charge on any atom is 0.258 e. The van der Waals surface area contributed by atoms with E-state index in [1.54, 1.807) is 17.0 Å². The molecular weight excluding hydrogens is 259 g/mol. The topological polar surface area (TPSA) is 55.6 Å². The van der Waals surface area contributed by atoms with Crippen molar-refractivity contribution in [3.63, 3.8) is 0 Å². The molecule has 0 saturated heterocycles. The third kappa shape index (κ3) is 2.07. The highest BCUT2D eigenvalue weighted by Gasteiger charge is 2.24. The Hall–Kier alpha value is -2.56. The molecule has 102 valence electrons. The first kappa shape index (κ1) is 12.5. The van der Waals surface area contributed by atoms with E-state index in [1.165, 1.54) is 12.1 Å². The molecule has 1 aliphatic rings. The monoisotopic (exact) mass is 272 g/mol. The molecule has 2 aromatic carbocycles. The number of halogens is 1. The van der Waals surface area contributed by atoms with Crippen molar-refractivity contribution in [3.8, 4) is 5.75 Å². The number of hydrogen-bond acceptors (Lipinski definition) is 3. The highest BCUT2D eigenvalue weighted by atomic mass is 19.1. The van der Waals surface area contributed by atoms with E-state index in [9.17, 15) is 9.18 Å². The van der Waals surface area contributed by atoms with Gasteiger partial charge >= 0.3 is 0 Å². The summed E-state index contributed by atoms with van der Waals surface area (Å²) in [6.07, 6.45) is 0. The lowest BCUT2D eigenvalue weighted by Gasteiger charge is -2.29. The molecule has 3 rings (SSSR count). The van der Waals surface area contributed by atoms with Gasteiger partial charge in [0.05, 0.1) is 17.9 Å². The lowest BCUT2D eigenvalue weighted by molar-refractivity contribution is 0.0976. The first-order chi connectivity index (χ1) is 9.66. The molecule has 0 bridgehead atoms. The molecule has 20 heavy (non-hydrogen) atoms. The van der Waals surface area contributed by atoms with Gasteiger partial charge < -0.3 is 15.4 Å². The van der Waals surface area contributed by atoms with E-state index in [0.29, 0.717) is 24.6 Å². The van der Waals surface area contributed by atoms with Crippen LogP contribution in [0.15, 0.2) is 42.5 Å². The number of carbonyl (C=O) groups is 1. The Kier molecular flexibility index (Phi) is 3.02. The van der Waals surface area contributed by atoms with E-state index in [0.717, 1.165) is 6.07 Å². The van der Waals surface area contributed by atoms with Crippen LogP contribution >= 0.6 is 0 Å². The van der Waals surface area contributed by atoms with Crippen LogP contribution in [-0.4, -0.2) is 19.1 Å². The molecule has 0 fully saturated rings. The van der Waals surface area contributed by atoms with Crippen LogP contribution in [0.1, 0.15) is 10.4 Å². The van der Waals surface area contributed by atoms with Crippen LogP contribution < -0.4 is 15.4 Å². The Morgan fingerprint density at radius 1 is 1.25 bits per heavy atom. The van der Waals surface area contributed by atoms with Crippen molar-refractivity contribution in [2.45, 2.75) is 0 Å². The summed E-state index contributed by atoms with van der Waals surface area (Å²) in [6, 6.07) is 11.4. The molecule has 0 aromatic heterocycles. The summed E-state index contributed by atoms with van der Waals surface area (Å²) in [7, 11) is 0. The van der Waals surface area contributed by atoms with Crippen LogP contribution in [0, 0.1) is 5.82 Å². The fraction of sp³-hybridized carbons (Fsp3) is 0.133. The number of carbonyl (C=O) groups excluding carboxylic acids is 1. The Labute approximate surface area is 115 Å². The standard InChI is InChI=1S/C15H13FN2O2/c16-11-9-10(5-6-12(11)17)15(19)18-7-8-20-14-4-2-1-3-13(14)18/h1-6,9H,7-8,17H2. The number of rotatable bonds is 1. The van der Waals surface area contributed by atoms with E-state index >= 15 is 0 Å². The Morgan fingerprint density at radius 2 is 2.05 bits per heavy atom. The van der Waals surface area contributed by atoms with E-state index in [-0.39, 0.29) is 17.2 Å². The number of amides is 1. The minimum absolute atomic E-state index is 0.0314. The number of hydrogen-bond donors (Lipinski definition) is 1. The summed E-state index contributed by atoms with van der Waals surface area (Å²) in [4.78, 5) is 14.1. The van der Waals surface area contributed by atoms with E-state index in [4.69, 9.17) is 10.5 Å². The van der Waals surface area contributed by atoms with E-state index in [1.807, 2.05) is 12.1 Å². The predicted octanol–water partition coefficient (Wildman–Crippen LogP) is 2.45. The summed E-state index contributed by atoms with van der Waals surface area (Å²) >= 11 is 0. The van der Waals surface area contributed by atoms with Gasteiger partial charge in [-0.3, -0.25) is 4.79 Å². The molecule has 0 aliphatic carbocycles. The predicted molar refractivity (Wildman–Crippen MR) is 74.4 cm³/mol. The highest BCUT2D eigenvalue weighted by molar-refractivity contribution is 6.07. The zero-order valence-electron chi connectivity index (χ0n) is 10.7. The molecule has 1 heterocycles. The van der Waals surface area contributed by atoms with Crippen LogP contribution in [0.2, 0.25) is 0 Å². The molecule has 1 aliphatic heterocycles. The van der Waals surface area contributed by atoms with Crippen LogP contribution in [0.25, 0.3) is 0 Å². The van der Waals surface area contributed by atoms with Crippen LogP contribution in [-0.2, 0) is 0 Å². The van der Waals surface area contributed by atoms with E-state index < -0.39 is 5.82 Å². The number of ether oxygens (including phenoxy) is 1. The smallest absolute Gasteiger partial charge is 0.258 e. The average molecular weight is 272 g/mol. The normalized spacial score (nSPS) is 13.6. The van der Waals surface area contributed by atoms with Gasteiger partial charge in [0.15, 0.2) is 0 Å². The van der Waals surface area contributed by atoms with Gasteiger partial charge in [-0.05, 0) is 30.3 Å². The number of anilines is 2. The second-order valence-electron chi connectivity index (χ2n) is 4.51. The van der Waals surface area contributed by atoms with Gasteiger partial charge in [0, 0.05) is 5.56 Å². The molecule has 2 N–H and O–H groups in total. The molecule has 0 unspecified atom stereocenters. The molecule has 0 spiro atoms. The number of fused-ring (bicyclic) bond motifs is 1. The van der Waals surface area contributed by atoms with Gasteiger partial charge in [0.2, 0.25) is 0 Å². The Bertz CT molecular complexity index is 673. The Balaban J connectivity index is 1.97.